The molecule has 0 aromatic heterocycles. The van der Waals surface area contributed by atoms with E-state index in [-0.39, 0.29) is 11.7 Å². The number of halogens is 1. The number of benzene rings is 1. The molecule has 3 rings (SSSR count). The van der Waals surface area contributed by atoms with Crippen LogP contribution in [0, 0.1) is 11.7 Å². The van der Waals surface area contributed by atoms with Gasteiger partial charge in [-0.1, -0.05) is 56.0 Å². The summed E-state index contributed by atoms with van der Waals surface area (Å²) in [7, 11) is 0. The molecule has 0 spiro atoms. The molecule has 2 aliphatic heterocycles. The van der Waals surface area contributed by atoms with E-state index < -0.39 is 0 Å². The zero-order valence-electron chi connectivity index (χ0n) is 17.7. The second kappa shape index (κ2) is 11.2. The Morgan fingerprint density at radius 3 is 2.70 bits per heavy atom. The van der Waals surface area contributed by atoms with E-state index in [4.69, 9.17) is 17.0 Å². The summed E-state index contributed by atoms with van der Waals surface area (Å²) < 4.78 is 20.3. The predicted octanol–water partition coefficient (Wildman–Crippen LogP) is 3.71. The lowest BCUT2D eigenvalue weighted by Crippen LogP contribution is -2.40. The number of amides is 1. The third-order valence-corrected chi connectivity index (χ3v) is 6.61. The van der Waals surface area contributed by atoms with Crippen molar-refractivity contribution < 1.29 is 13.9 Å². The molecule has 0 radical (unpaired) electrons. The lowest BCUT2D eigenvalue weighted by atomic mass is 10.1. The molecule has 0 unspecified atom stereocenters. The highest BCUT2D eigenvalue weighted by Gasteiger charge is 2.32. The quantitative estimate of drug-likeness (QED) is 0.421. The van der Waals surface area contributed by atoms with E-state index >= 15 is 0 Å². The number of carbonyl (C=O) groups is 1. The lowest BCUT2D eigenvalue weighted by molar-refractivity contribution is -0.122. The summed E-state index contributed by atoms with van der Waals surface area (Å²) in [6.45, 7) is 10.1. The molecule has 2 aliphatic rings. The Morgan fingerprint density at radius 1 is 1.27 bits per heavy atom. The lowest BCUT2D eigenvalue weighted by Gasteiger charge is -2.29. The van der Waals surface area contributed by atoms with Gasteiger partial charge in [-0.25, -0.2) is 4.39 Å². The number of hydrogen-bond donors (Lipinski definition) is 0. The van der Waals surface area contributed by atoms with Gasteiger partial charge in [-0.05, 0) is 18.4 Å². The van der Waals surface area contributed by atoms with Crippen molar-refractivity contribution in [2.45, 2.75) is 26.8 Å². The zero-order chi connectivity index (χ0) is 21.5. The van der Waals surface area contributed by atoms with Crippen LogP contribution in [0.3, 0.4) is 0 Å². The van der Waals surface area contributed by atoms with E-state index in [1.165, 1.54) is 17.8 Å². The second-order valence-electron chi connectivity index (χ2n) is 8.02. The largest absolute Gasteiger partial charge is 0.379 e. The maximum absolute atomic E-state index is 14.3. The highest BCUT2D eigenvalue weighted by molar-refractivity contribution is 8.26. The van der Waals surface area contributed by atoms with E-state index in [1.54, 1.807) is 17.0 Å². The number of thioether (sulfide) groups is 1. The molecule has 1 amide bonds. The molecular formula is C22H30FN3O2S2. The molecule has 0 saturated carbocycles. The average Bonchev–Trinajstić information content (AvgIpc) is 2.99. The van der Waals surface area contributed by atoms with Gasteiger partial charge in [-0.2, -0.15) is 0 Å². The molecule has 164 valence electrons. The van der Waals surface area contributed by atoms with E-state index in [0.29, 0.717) is 40.3 Å². The summed E-state index contributed by atoms with van der Waals surface area (Å²) in [5, 5.41) is 0. The minimum Gasteiger partial charge on any atom is -0.379 e. The van der Waals surface area contributed by atoms with Crippen LogP contribution in [0.5, 0.6) is 0 Å². The van der Waals surface area contributed by atoms with Crippen molar-refractivity contribution in [1.82, 2.24) is 14.7 Å². The summed E-state index contributed by atoms with van der Waals surface area (Å²) in [6.07, 6.45) is 2.78. The SMILES string of the molecule is CC(C)CCN1C(=O)C(=CN(CCN2CCOCC2)Cc2ccccc2F)SC1=S. The number of thiocarbonyl (C=S) groups is 1. The third-order valence-electron chi connectivity index (χ3n) is 5.24. The van der Waals surface area contributed by atoms with Gasteiger partial charge >= 0.3 is 0 Å². The number of nitrogens with zero attached hydrogens (tertiary/aromatic N) is 3. The van der Waals surface area contributed by atoms with Crippen LogP contribution in [-0.4, -0.2) is 70.9 Å². The maximum atomic E-state index is 14.3. The molecule has 2 saturated heterocycles. The fraction of sp³-hybridized carbons (Fsp3) is 0.545. The van der Waals surface area contributed by atoms with Gasteiger partial charge in [0.1, 0.15) is 10.1 Å². The summed E-state index contributed by atoms with van der Waals surface area (Å²) >= 11 is 6.78. The Hall–Kier alpha value is -1.48. The normalized spacial score (nSPS) is 19.3. The summed E-state index contributed by atoms with van der Waals surface area (Å²) in [5.74, 6) is 0.229. The van der Waals surface area contributed by atoms with Crippen molar-refractivity contribution in [1.29, 1.82) is 0 Å². The van der Waals surface area contributed by atoms with Gasteiger partial charge in [-0.15, -0.1) is 0 Å². The van der Waals surface area contributed by atoms with Crippen molar-refractivity contribution in [3.63, 3.8) is 0 Å². The van der Waals surface area contributed by atoms with Gasteiger partial charge in [0.05, 0.1) is 18.1 Å². The van der Waals surface area contributed by atoms with Crippen LogP contribution in [0.1, 0.15) is 25.8 Å². The molecule has 8 heteroatoms. The minimum absolute atomic E-state index is 0.0458. The van der Waals surface area contributed by atoms with Gasteiger partial charge in [0.25, 0.3) is 5.91 Å². The van der Waals surface area contributed by atoms with Crippen LogP contribution in [0.25, 0.3) is 0 Å². The Morgan fingerprint density at radius 2 is 2.00 bits per heavy atom. The average molecular weight is 452 g/mol. The molecule has 0 atom stereocenters. The maximum Gasteiger partial charge on any atom is 0.267 e. The van der Waals surface area contributed by atoms with Gasteiger partial charge in [0.2, 0.25) is 0 Å². The van der Waals surface area contributed by atoms with Crippen molar-refractivity contribution in [2.24, 2.45) is 5.92 Å². The van der Waals surface area contributed by atoms with E-state index in [9.17, 15) is 9.18 Å². The predicted molar refractivity (Wildman–Crippen MR) is 124 cm³/mol. The molecule has 0 N–H and O–H groups in total. The molecular weight excluding hydrogens is 421 g/mol. The molecule has 2 heterocycles. The first kappa shape index (κ1) is 23.2. The Kier molecular flexibility index (Phi) is 8.68. The zero-order valence-corrected chi connectivity index (χ0v) is 19.3. The van der Waals surface area contributed by atoms with Crippen LogP contribution in [0.2, 0.25) is 0 Å². The molecule has 0 aliphatic carbocycles. The first-order chi connectivity index (χ1) is 14.4. The van der Waals surface area contributed by atoms with E-state index in [0.717, 1.165) is 39.3 Å². The molecule has 5 nitrogen and oxygen atoms in total. The first-order valence-corrected chi connectivity index (χ1v) is 11.7. The van der Waals surface area contributed by atoms with Gasteiger partial charge in [-0.3, -0.25) is 14.6 Å². The van der Waals surface area contributed by atoms with Crippen LogP contribution < -0.4 is 0 Å². The van der Waals surface area contributed by atoms with Crippen LogP contribution in [0.15, 0.2) is 35.4 Å². The standard InChI is InChI=1S/C22H30FN3O2S2/c1-17(2)7-8-26-21(27)20(30-22(26)29)16-25(10-9-24-11-13-28-14-12-24)15-18-5-3-4-6-19(18)23/h3-6,16-17H,7-15H2,1-2H3. The summed E-state index contributed by atoms with van der Waals surface area (Å²) in [6, 6.07) is 6.79. The van der Waals surface area contributed by atoms with E-state index in [1.807, 2.05) is 17.2 Å². The fourth-order valence-corrected chi connectivity index (χ4v) is 4.68. The Balaban J connectivity index is 1.72. The Bertz CT molecular complexity index is 781. The number of hydrogen-bond acceptors (Lipinski definition) is 6. The van der Waals surface area contributed by atoms with Crippen LogP contribution >= 0.6 is 24.0 Å². The second-order valence-corrected chi connectivity index (χ2v) is 9.69. The smallest absolute Gasteiger partial charge is 0.267 e. The molecule has 1 aromatic rings. The van der Waals surface area contributed by atoms with Gasteiger partial charge in [0, 0.05) is 51.0 Å². The Labute approximate surface area is 188 Å². The molecule has 1 aromatic carbocycles. The molecule has 0 bridgehead atoms. The number of carbonyl (C=O) groups excluding carboxylic acids is 1. The fourth-order valence-electron chi connectivity index (χ4n) is 3.37. The van der Waals surface area contributed by atoms with Crippen molar-refractivity contribution in [3.05, 3.63) is 46.8 Å². The number of ether oxygens (including phenoxy) is 1. The summed E-state index contributed by atoms with van der Waals surface area (Å²) in [4.78, 5) is 19.6. The van der Waals surface area contributed by atoms with Gasteiger partial charge in [0.15, 0.2) is 0 Å². The van der Waals surface area contributed by atoms with Crippen LogP contribution in [-0.2, 0) is 16.1 Å². The van der Waals surface area contributed by atoms with Crippen molar-refractivity contribution in [2.75, 3.05) is 45.9 Å². The minimum atomic E-state index is -0.230. The van der Waals surface area contributed by atoms with Crippen LogP contribution in [0.4, 0.5) is 4.39 Å². The van der Waals surface area contributed by atoms with Gasteiger partial charge < -0.3 is 9.64 Å². The highest BCUT2D eigenvalue weighted by atomic mass is 32.2. The summed E-state index contributed by atoms with van der Waals surface area (Å²) in [5.41, 5.74) is 0.617. The monoisotopic (exact) mass is 451 g/mol. The first-order valence-electron chi connectivity index (χ1n) is 10.5. The van der Waals surface area contributed by atoms with Crippen molar-refractivity contribution in [3.8, 4) is 0 Å². The highest BCUT2D eigenvalue weighted by Crippen LogP contribution is 2.32. The van der Waals surface area contributed by atoms with Crippen molar-refractivity contribution >= 4 is 34.2 Å². The van der Waals surface area contributed by atoms with E-state index in [2.05, 4.69) is 18.7 Å². The third kappa shape index (κ3) is 6.51. The molecule has 30 heavy (non-hydrogen) atoms. The molecule has 2 fully saturated rings. The topological polar surface area (TPSA) is 36.0 Å². The number of morpholine rings is 1. The number of rotatable bonds is 9.